The third-order valence-corrected chi connectivity index (χ3v) is 6.28. The summed E-state index contributed by atoms with van der Waals surface area (Å²) in [7, 11) is 0. The highest BCUT2D eigenvalue weighted by atomic mass is 16.4. The van der Waals surface area contributed by atoms with Crippen molar-refractivity contribution in [3.63, 3.8) is 0 Å². The molecule has 0 heterocycles. The normalized spacial score (nSPS) is 12.1. The van der Waals surface area contributed by atoms with Gasteiger partial charge in [0.15, 0.2) is 0 Å². The maximum Gasteiger partial charge on any atom is 0.303 e. The fourth-order valence-corrected chi connectivity index (χ4v) is 4.22. The molecule has 6 nitrogen and oxygen atoms in total. The Morgan fingerprint density at radius 2 is 1.41 bits per heavy atom. The number of carbonyl (C=O) groups excluding carboxylic acids is 2. The van der Waals surface area contributed by atoms with Gasteiger partial charge in [-0.1, -0.05) is 80.6 Å². The van der Waals surface area contributed by atoms with E-state index in [9.17, 15) is 14.4 Å². The Balaban J connectivity index is 1.69. The Morgan fingerprint density at radius 1 is 0.838 bits per heavy atom. The van der Waals surface area contributed by atoms with Crippen LogP contribution in [0.1, 0.15) is 67.9 Å². The summed E-state index contributed by atoms with van der Waals surface area (Å²) in [5.41, 5.74) is 4.18. The molecule has 0 aliphatic rings. The summed E-state index contributed by atoms with van der Waals surface area (Å²) in [5, 5.41) is 14.9. The van der Waals surface area contributed by atoms with Gasteiger partial charge in [0.2, 0.25) is 5.91 Å². The largest absolute Gasteiger partial charge is 0.481 e. The van der Waals surface area contributed by atoms with E-state index >= 15 is 0 Å². The van der Waals surface area contributed by atoms with E-state index in [-0.39, 0.29) is 12.8 Å². The van der Waals surface area contributed by atoms with Gasteiger partial charge in [0.1, 0.15) is 6.04 Å². The first-order valence-corrected chi connectivity index (χ1v) is 12.6. The van der Waals surface area contributed by atoms with E-state index in [2.05, 4.69) is 48.7 Å². The number of amides is 2. The van der Waals surface area contributed by atoms with Gasteiger partial charge in [-0.25, -0.2) is 0 Å². The van der Waals surface area contributed by atoms with Gasteiger partial charge in [-0.2, -0.15) is 0 Å². The van der Waals surface area contributed by atoms with Crippen molar-refractivity contribution in [2.75, 3.05) is 0 Å². The fraction of sp³-hybridized carbons (Fsp3) is 0.323. The SMILES string of the molecule is CC(C)c1ccc(-c2ccc(C(=O)N[C@@H](CCC(=O)O)C(=O)NC(C)(C)Cc3ccccc3)cc2)cc1. The van der Waals surface area contributed by atoms with E-state index in [4.69, 9.17) is 5.11 Å². The average Bonchev–Trinajstić information content (AvgIpc) is 2.86. The highest BCUT2D eigenvalue weighted by Crippen LogP contribution is 2.23. The number of carboxylic acid groups (broad SMARTS) is 1. The van der Waals surface area contributed by atoms with E-state index in [0.717, 1.165) is 16.7 Å². The predicted octanol–water partition coefficient (Wildman–Crippen LogP) is 5.58. The maximum absolute atomic E-state index is 13.1. The van der Waals surface area contributed by atoms with Crippen molar-refractivity contribution in [1.29, 1.82) is 0 Å². The van der Waals surface area contributed by atoms with Crippen LogP contribution in [0.4, 0.5) is 0 Å². The lowest BCUT2D eigenvalue weighted by molar-refractivity contribution is -0.137. The van der Waals surface area contributed by atoms with Gasteiger partial charge < -0.3 is 15.7 Å². The number of carboxylic acids is 1. The monoisotopic (exact) mass is 500 g/mol. The molecule has 3 aromatic carbocycles. The zero-order valence-corrected chi connectivity index (χ0v) is 22.0. The minimum Gasteiger partial charge on any atom is -0.481 e. The number of nitrogens with one attached hydrogen (secondary N) is 2. The van der Waals surface area contributed by atoms with E-state index < -0.39 is 29.4 Å². The second kappa shape index (κ2) is 12.3. The smallest absolute Gasteiger partial charge is 0.303 e. The zero-order valence-electron chi connectivity index (χ0n) is 22.0. The van der Waals surface area contributed by atoms with Crippen LogP contribution in [-0.2, 0) is 16.0 Å². The van der Waals surface area contributed by atoms with Crippen molar-refractivity contribution < 1.29 is 19.5 Å². The molecule has 0 saturated carbocycles. The third kappa shape index (κ3) is 8.31. The van der Waals surface area contributed by atoms with Crippen LogP contribution >= 0.6 is 0 Å². The lowest BCUT2D eigenvalue weighted by Gasteiger charge is -2.29. The van der Waals surface area contributed by atoms with Gasteiger partial charge in [-0.05, 0) is 67.0 Å². The third-order valence-electron chi connectivity index (χ3n) is 6.28. The molecule has 6 heteroatoms. The summed E-state index contributed by atoms with van der Waals surface area (Å²) in [5.74, 6) is -1.40. The standard InChI is InChI=1S/C31H36N2O4/c1-21(2)23-10-12-24(13-11-23)25-14-16-26(17-15-25)29(36)32-27(18-19-28(34)35)30(37)33-31(3,4)20-22-8-6-5-7-9-22/h5-17,21,27H,18-20H2,1-4H3,(H,32,36)(H,33,37)(H,34,35)/t27-/m0/s1. The first-order chi connectivity index (χ1) is 17.5. The molecule has 3 aromatic rings. The number of aliphatic carboxylic acids is 1. The number of benzene rings is 3. The van der Waals surface area contributed by atoms with Crippen molar-refractivity contribution in [3.05, 3.63) is 95.6 Å². The molecule has 0 fully saturated rings. The highest BCUT2D eigenvalue weighted by molar-refractivity contribution is 5.98. The quantitative estimate of drug-likeness (QED) is 0.320. The molecule has 194 valence electrons. The molecule has 1 atom stereocenters. The van der Waals surface area contributed by atoms with E-state index in [1.165, 1.54) is 5.56 Å². The van der Waals surface area contributed by atoms with Crippen LogP contribution in [0.25, 0.3) is 11.1 Å². The molecular formula is C31H36N2O4. The molecule has 0 spiro atoms. The number of carbonyl (C=O) groups is 3. The minimum absolute atomic E-state index is 0.00535. The zero-order chi connectivity index (χ0) is 27.0. The Hall–Kier alpha value is -3.93. The summed E-state index contributed by atoms with van der Waals surface area (Å²) < 4.78 is 0. The van der Waals surface area contributed by atoms with Crippen molar-refractivity contribution >= 4 is 17.8 Å². The number of hydrogen-bond acceptors (Lipinski definition) is 3. The van der Waals surface area contributed by atoms with Crippen molar-refractivity contribution in [1.82, 2.24) is 10.6 Å². The predicted molar refractivity (Wildman–Crippen MR) is 146 cm³/mol. The van der Waals surface area contributed by atoms with Crippen molar-refractivity contribution in [3.8, 4) is 11.1 Å². The first-order valence-electron chi connectivity index (χ1n) is 12.6. The van der Waals surface area contributed by atoms with Gasteiger partial charge in [0.25, 0.3) is 5.91 Å². The number of rotatable bonds is 11. The van der Waals surface area contributed by atoms with Crippen molar-refractivity contribution in [2.24, 2.45) is 0 Å². The average molecular weight is 501 g/mol. The molecule has 0 aromatic heterocycles. The summed E-state index contributed by atoms with van der Waals surface area (Å²) in [4.78, 5) is 37.3. The topological polar surface area (TPSA) is 95.5 Å². The Morgan fingerprint density at radius 3 is 1.95 bits per heavy atom. The number of hydrogen-bond donors (Lipinski definition) is 3. The molecule has 0 unspecified atom stereocenters. The Labute approximate surface area is 219 Å². The van der Waals surface area contributed by atoms with Crippen LogP contribution in [0.5, 0.6) is 0 Å². The summed E-state index contributed by atoms with van der Waals surface area (Å²) in [6, 6.07) is 24.3. The lowest BCUT2D eigenvalue weighted by Crippen LogP contribution is -2.54. The summed E-state index contributed by atoms with van der Waals surface area (Å²) in [6.45, 7) is 8.11. The molecule has 0 aliphatic carbocycles. The Kier molecular flexibility index (Phi) is 9.23. The molecule has 2 amide bonds. The summed E-state index contributed by atoms with van der Waals surface area (Å²) in [6.07, 6.45) is 0.357. The van der Waals surface area contributed by atoms with Gasteiger partial charge in [-0.3, -0.25) is 14.4 Å². The van der Waals surface area contributed by atoms with Gasteiger partial charge >= 0.3 is 5.97 Å². The molecular weight excluding hydrogens is 464 g/mol. The van der Waals surface area contributed by atoms with Gasteiger partial charge in [0.05, 0.1) is 0 Å². The Bertz CT molecular complexity index is 1200. The molecule has 0 bridgehead atoms. The van der Waals surface area contributed by atoms with Gasteiger partial charge in [-0.15, -0.1) is 0 Å². The van der Waals surface area contributed by atoms with Crippen LogP contribution in [0, 0.1) is 0 Å². The maximum atomic E-state index is 13.1. The molecule has 0 saturated heterocycles. The van der Waals surface area contributed by atoms with Gasteiger partial charge in [0, 0.05) is 17.5 Å². The van der Waals surface area contributed by atoms with Crippen LogP contribution in [-0.4, -0.2) is 34.5 Å². The second-order valence-electron chi connectivity index (χ2n) is 10.3. The molecule has 0 radical (unpaired) electrons. The lowest BCUT2D eigenvalue weighted by atomic mass is 9.94. The highest BCUT2D eigenvalue weighted by Gasteiger charge is 2.28. The van der Waals surface area contributed by atoms with Crippen molar-refractivity contribution in [2.45, 2.75) is 64.5 Å². The minimum atomic E-state index is -1.02. The first kappa shape index (κ1) is 27.7. The van der Waals surface area contributed by atoms with E-state index in [1.807, 2.05) is 56.3 Å². The molecule has 3 rings (SSSR count). The molecule has 0 aliphatic heterocycles. The molecule has 37 heavy (non-hydrogen) atoms. The van der Waals surface area contributed by atoms with Crippen LogP contribution in [0.3, 0.4) is 0 Å². The second-order valence-corrected chi connectivity index (χ2v) is 10.3. The fourth-order valence-electron chi connectivity index (χ4n) is 4.22. The van der Waals surface area contributed by atoms with Crippen LogP contribution in [0.15, 0.2) is 78.9 Å². The van der Waals surface area contributed by atoms with Crippen LogP contribution in [0.2, 0.25) is 0 Å². The van der Waals surface area contributed by atoms with E-state index in [1.54, 1.807) is 12.1 Å². The molecule has 3 N–H and O–H groups in total. The van der Waals surface area contributed by atoms with E-state index in [0.29, 0.717) is 17.9 Å². The van der Waals surface area contributed by atoms with Crippen LogP contribution < -0.4 is 10.6 Å². The summed E-state index contributed by atoms with van der Waals surface area (Å²) >= 11 is 0.